The Morgan fingerprint density at radius 1 is 0.889 bits per heavy atom. The molecule has 1 amide bonds. The highest BCUT2D eigenvalue weighted by Crippen LogP contribution is 2.43. The maximum Gasteiger partial charge on any atom is 0.303 e. The molecule has 0 spiro atoms. The summed E-state index contributed by atoms with van der Waals surface area (Å²) in [5, 5.41) is 12.4. The minimum atomic E-state index is -0.862. The van der Waals surface area contributed by atoms with Crippen LogP contribution in [0.5, 0.6) is 0 Å². The summed E-state index contributed by atoms with van der Waals surface area (Å²) in [7, 11) is 0. The molecule has 1 aliphatic heterocycles. The lowest BCUT2D eigenvalue weighted by atomic mass is 9.91. The highest BCUT2D eigenvalue weighted by atomic mass is 32.2. The first-order valence-corrected chi connectivity index (χ1v) is 16.1. The van der Waals surface area contributed by atoms with Crippen LogP contribution in [-0.2, 0) is 37.0 Å². The molecule has 2 N–H and O–H groups in total. The smallest absolute Gasteiger partial charge is 0.303 e. The van der Waals surface area contributed by atoms with Crippen molar-refractivity contribution >= 4 is 23.6 Å². The van der Waals surface area contributed by atoms with E-state index >= 15 is 0 Å². The molecule has 0 radical (unpaired) electrons. The van der Waals surface area contributed by atoms with Gasteiger partial charge in [0.2, 0.25) is 0 Å². The van der Waals surface area contributed by atoms with Gasteiger partial charge in [-0.3, -0.25) is 9.59 Å². The summed E-state index contributed by atoms with van der Waals surface area (Å²) in [6.45, 7) is 5.30. The van der Waals surface area contributed by atoms with Crippen LogP contribution in [0.2, 0.25) is 0 Å². The Balaban J connectivity index is 1.34. The van der Waals surface area contributed by atoms with Crippen LogP contribution in [0.3, 0.4) is 0 Å². The van der Waals surface area contributed by atoms with Gasteiger partial charge in [-0.05, 0) is 46.9 Å². The molecule has 0 unspecified atom stereocenters. The number of esters is 1. The molecule has 5 atom stereocenters. The Hall–Kier alpha value is -3.95. The second-order valence-electron chi connectivity index (χ2n) is 11.2. The Morgan fingerprint density at radius 2 is 1.56 bits per heavy atom. The number of rotatable bonds is 11. The molecule has 5 rings (SSSR count). The zero-order valence-electron chi connectivity index (χ0n) is 25.7. The zero-order chi connectivity index (χ0) is 31.8. The van der Waals surface area contributed by atoms with Crippen LogP contribution >= 0.6 is 11.8 Å². The number of nitrogens with one attached hydrogen (secondary N) is 1. The van der Waals surface area contributed by atoms with Gasteiger partial charge in [0.1, 0.15) is 0 Å². The molecule has 1 heterocycles. The number of aliphatic hydroxyl groups excluding tert-OH is 1. The number of benzene rings is 4. The molecular formula is C37H39NO6S. The summed E-state index contributed by atoms with van der Waals surface area (Å²) in [6.07, 6.45) is -1.67. The molecule has 4 aromatic rings. The normalized spacial score (nSPS) is 20.3. The first-order chi connectivity index (χ1) is 21.8. The highest BCUT2D eigenvalue weighted by molar-refractivity contribution is 7.99. The third-order valence-electron chi connectivity index (χ3n) is 7.96. The molecule has 0 aromatic heterocycles. The van der Waals surface area contributed by atoms with Gasteiger partial charge < -0.3 is 24.6 Å². The van der Waals surface area contributed by atoms with Crippen LogP contribution in [0.15, 0.2) is 108 Å². The first-order valence-electron chi connectivity index (χ1n) is 15.1. The first kappa shape index (κ1) is 32.4. The number of ether oxygens (including phenoxy) is 3. The number of carbonyl (C=O) groups is 2. The molecule has 1 saturated heterocycles. The quantitative estimate of drug-likeness (QED) is 0.137. The molecule has 0 aliphatic carbocycles. The summed E-state index contributed by atoms with van der Waals surface area (Å²) in [5.41, 5.74) is 5.75. The van der Waals surface area contributed by atoms with Crippen molar-refractivity contribution in [1.29, 1.82) is 0 Å². The van der Waals surface area contributed by atoms with Gasteiger partial charge >= 0.3 is 5.97 Å². The number of thioether (sulfide) groups is 1. The second kappa shape index (κ2) is 15.4. The van der Waals surface area contributed by atoms with Crippen LogP contribution in [-0.4, -0.2) is 34.9 Å². The van der Waals surface area contributed by atoms with Crippen molar-refractivity contribution in [2.24, 2.45) is 5.92 Å². The maximum atomic E-state index is 12.4. The average Bonchev–Trinajstić information content (AvgIpc) is 3.07. The molecular weight excluding hydrogens is 586 g/mol. The summed E-state index contributed by atoms with van der Waals surface area (Å²) < 4.78 is 18.3. The van der Waals surface area contributed by atoms with Gasteiger partial charge in [-0.1, -0.05) is 97.9 Å². The highest BCUT2D eigenvalue weighted by Gasteiger charge is 2.38. The van der Waals surface area contributed by atoms with E-state index in [1.165, 1.54) is 11.8 Å². The van der Waals surface area contributed by atoms with Crippen molar-refractivity contribution in [3.63, 3.8) is 0 Å². The van der Waals surface area contributed by atoms with Crippen molar-refractivity contribution < 1.29 is 28.9 Å². The Labute approximate surface area is 268 Å². The van der Waals surface area contributed by atoms with Crippen molar-refractivity contribution in [1.82, 2.24) is 5.32 Å². The van der Waals surface area contributed by atoms with Crippen LogP contribution in [0.1, 0.15) is 55.4 Å². The summed E-state index contributed by atoms with van der Waals surface area (Å²) in [4.78, 5) is 24.8. The van der Waals surface area contributed by atoms with Crippen molar-refractivity contribution in [3.8, 4) is 11.1 Å². The Bertz CT molecular complexity index is 1560. The number of hydrogen-bond acceptors (Lipinski definition) is 7. The van der Waals surface area contributed by atoms with E-state index in [1.807, 2.05) is 91.0 Å². The van der Waals surface area contributed by atoms with E-state index in [9.17, 15) is 14.7 Å². The summed E-state index contributed by atoms with van der Waals surface area (Å²) >= 11 is 1.78. The van der Waals surface area contributed by atoms with E-state index in [-0.39, 0.29) is 30.6 Å². The second-order valence-corrected chi connectivity index (χ2v) is 12.3. The van der Waals surface area contributed by atoms with Gasteiger partial charge in [-0.15, -0.1) is 11.8 Å². The minimum Gasteiger partial charge on any atom is -0.453 e. The number of aliphatic hydroxyl groups is 1. The van der Waals surface area contributed by atoms with E-state index in [0.29, 0.717) is 6.54 Å². The maximum absolute atomic E-state index is 12.4. The van der Waals surface area contributed by atoms with E-state index in [2.05, 4.69) is 24.4 Å². The fourth-order valence-electron chi connectivity index (χ4n) is 5.41. The molecule has 45 heavy (non-hydrogen) atoms. The Kier molecular flexibility index (Phi) is 11.1. The van der Waals surface area contributed by atoms with E-state index < -0.39 is 18.4 Å². The average molecular weight is 626 g/mol. The predicted molar refractivity (Wildman–Crippen MR) is 175 cm³/mol. The lowest BCUT2D eigenvalue weighted by molar-refractivity contribution is -0.268. The van der Waals surface area contributed by atoms with Crippen LogP contribution in [0.4, 0.5) is 0 Å². The SMILES string of the molecule is CC(=O)O[C@@H](C)C(=O)NCc1ccccc1-c1ccc([C@@H]2O[C@H](CSc3ccccc3)[C@H](C)[C@H](c3ccc(CO)cc3)O2)cc1. The van der Waals surface area contributed by atoms with Gasteiger partial charge in [-0.25, -0.2) is 0 Å². The Morgan fingerprint density at radius 3 is 2.24 bits per heavy atom. The molecule has 0 saturated carbocycles. The molecule has 4 aromatic carbocycles. The molecule has 1 aliphatic rings. The molecule has 1 fully saturated rings. The van der Waals surface area contributed by atoms with Crippen molar-refractivity contribution in [2.45, 2.75) is 63.4 Å². The van der Waals surface area contributed by atoms with Crippen molar-refractivity contribution in [3.05, 3.63) is 125 Å². The molecule has 0 bridgehead atoms. The van der Waals surface area contributed by atoms with Gasteiger partial charge in [0.15, 0.2) is 12.4 Å². The van der Waals surface area contributed by atoms with E-state index in [1.54, 1.807) is 18.7 Å². The molecule has 7 nitrogen and oxygen atoms in total. The fourth-order valence-corrected chi connectivity index (χ4v) is 6.50. The van der Waals surface area contributed by atoms with Crippen molar-refractivity contribution in [2.75, 3.05) is 5.75 Å². The van der Waals surface area contributed by atoms with E-state index in [0.717, 1.165) is 39.1 Å². The minimum absolute atomic E-state index is 0.00130. The van der Waals surface area contributed by atoms with E-state index in [4.69, 9.17) is 14.2 Å². The van der Waals surface area contributed by atoms with Gasteiger partial charge in [0.05, 0.1) is 18.8 Å². The largest absolute Gasteiger partial charge is 0.453 e. The number of hydrogen-bond donors (Lipinski definition) is 2. The van der Waals surface area contributed by atoms with Crippen LogP contribution < -0.4 is 5.32 Å². The van der Waals surface area contributed by atoms with Crippen LogP contribution in [0, 0.1) is 5.92 Å². The topological polar surface area (TPSA) is 94.1 Å². The monoisotopic (exact) mass is 625 g/mol. The fraction of sp³-hybridized carbons (Fsp3) is 0.297. The molecule has 234 valence electrons. The van der Waals surface area contributed by atoms with Gasteiger partial charge in [0.25, 0.3) is 5.91 Å². The predicted octanol–water partition coefficient (Wildman–Crippen LogP) is 7.00. The standard InChI is InChI=1S/C37H39NO6S/c1-24-34(23-45-32-10-5-4-6-11-32)43-37(44-35(24)29-15-13-27(22-39)14-16-29)30-19-17-28(18-20-30)33-12-8-7-9-31(33)21-38-36(41)25(2)42-26(3)40/h4-20,24-25,34-35,37,39H,21-23H2,1-3H3,(H,38,41)/t24-,25-,34+,35+,37+/m0/s1. The summed E-state index contributed by atoms with van der Waals surface area (Å²) in [6, 6.07) is 34.3. The third-order valence-corrected chi connectivity index (χ3v) is 9.06. The van der Waals surface area contributed by atoms with Gasteiger partial charge in [0, 0.05) is 35.6 Å². The molecule has 8 heteroatoms. The number of carbonyl (C=O) groups excluding carboxylic acids is 2. The third kappa shape index (κ3) is 8.41. The van der Waals surface area contributed by atoms with Crippen LogP contribution in [0.25, 0.3) is 11.1 Å². The summed E-state index contributed by atoms with van der Waals surface area (Å²) in [5.74, 6) is 0.0357. The number of amides is 1. The lowest BCUT2D eigenvalue weighted by Gasteiger charge is -2.41. The lowest BCUT2D eigenvalue weighted by Crippen LogP contribution is -2.38. The zero-order valence-corrected chi connectivity index (χ0v) is 26.5. The van der Waals surface area contributed by atoms with Gasteiger partial charge in [-0.2, -0.15) is 0 Å².